The number of nitro groups is 1. The Morgan fingerprint density at radius 1 is 1.38 bits per heavy atom. The average Bonchev–Trinajstić information content (AvgIpc) is 2.33. The van der Waals surface area contributed by atoms with Crippen molar-refractivity contribution < 1.29 is 24.0 Å². The van der Waals surface area contributed by atoms with E-state index in [2.05, 4.69) is 5.32 Å². The van der Waals surface area contributed by atoms with E-state index >= 15 is 0 Å². The normalized spacial score (nSPS) is 12.6. The number of amides is 1. The first-order chi connectivity index (χ1) is 9.54. The van der Waals surface area contributed by atoms with Gasteiger partial charge in [-0.1, -0.05) is 20.8 Å². The Morgan fingerprint density at radius 3 is 2.33 bits per heavy atom. The number of aliphatic carboxylic acids is 1. The van der Waals surface area contributed by atoms with Crippen LogP contribution in [0, 0.1) is 21.3 Å². The van der Waals surface area contributed by atoms with Crippen LogP contribution in [-0.4, -0.2) is 27.9 Å². The average molecular weight is 298 g/mol. The second-order valence-electron chi connectivity index (χ2n) is 5.53. The summed E-state index contributed by atoms with van der Waals surface area (Å²) in [5.41, 5.74) is -1.69. The molecule has 0 aliphatic carbocycles. The minimum atomic E-state index is -1.22. The van der Waals surface area contributed by atoms with E-state index in [4.69, 9.17) is 5.11 Å². The molecule has 0 aromatic heterocycles. The van der Waals surface area contributed by atoms with Gasteiger partial charge < -0.3 is 10.4 Å². The zero-order valence-corrected chi connectivity index (χ0v) is 11.7. The van der Waals surface area contributed by atoms with Crippen molar-refractivity contribution in [2.45, 2.75) is 26.8 Å². The van der Waals surface area contributed by atoms with E-state index in [9.17, 15) is 24.1 Å². The van der Waals surface area contributed by atoms with Crippen LogP contribution >= 0.6 is 0 Å². The van der Waals surface area contributed by atoms with Crippen molar-refractivity contribution >= 4 is 17.6 Å². The molecule has 0 unspecified atom stereocenters. The molecule has 0 aliphatic rings. The molecule has 1 atom stereocenters. The molecule has 21 heavy (non-hydrogen) atoms. The number of benzene rings is 1. The highest BCUT2D eigenvalue weighted by atomic mass is 19.1. The summed E-state index contributed by atoms with van der Waals surface area (Å²) in [5, 5.41) is 21.9. The maximum atomic E-state index is 13.5. The molecule has 0 saturated heterocycles. The van der Waals surface area contributed by atoms with Gasteiger partial charge in [0.05, 0.1) is 4.92 Å². The monoisotopic (exact) mass is 298 g/mol. The van der Waals surface area contributed by atoms with Gasteiger partial charge >= 0.3 is 11.7 Å². The van der Waals surface area contributed by atoms with Crippen LogP contribution in [0.25, 0.3) is 0 Å². The third-order valence-electron chi connectivity index (χ3n) is 2.79. The van der Waals surface area contributed by atoms with Crippen LogP contribution in [0.3, 0.4) is 0 Å². The van der Waals surface area contributed by atoms with Crippen LogP contribution in [0.1, 0.15) is 31.1 Å². The van der Waals surface area contributed by atoms with Crippen molar-refractivity contribution in [2.24, 2.45) is 5.41 Å². The number of rotatable bonds is 4. The number of hydrogen-bond donors (Lipinski definition) is 2. The Hall–Kier alpha value is -2.51. The molecule has 1 rings (SSSR count). The minimum absolute atomic E-state index is 0.186. The number of halogens is 1. The molecule has 1 aromatic rings. The SMILES string of the molecule is CC(C)(C)[C@H](NC(=O)c1ccc([N+](=O)[O-])c(F)c1)C(=O)O. The zero-order valence-electron chi connectivity index (χ0n) is 11.7. The largest absolute Gasteiger partial charge is 0.480 e. The van der Waals surface area contributed by atoms with Crippen LogP contribution in [0.2, 0.25) is 0 Å². The van der Waals surface area contributed by atoms with Gasteiger partial charge in [0.15, 0.2) is 0 Å². The van der Waals surface area contributed by atoms with Crippen molar-refractivity contribution in [2.75, 3.05) is 0 Å². The van der Waals surface area contributed by atoms with E-state index in [0.29, 0.717) is 6.07 Å². The molecular formula is C13H15FN2O5. The molecule has 1 amide bonds. The molecule has 1 aromatic carbocycles. The maximum absolute atomic E-state index is 13.5. The van der Waals surface area contributed by atoms with E-state index in [1.165, 1.54) is 0 Å². The van der Waals surface area contributed by atoms with Gasteiger partial charge in [-0.05, 0) is 17.5 Å². The Bertz CT molecular complexity index is 595. The van der Waals surface area contributed by atoms with Crippen molar-refractivity contribution in [1.29, 1.82) is 0 Å². The fourth-order valence-electron chi connectivity index (χ4n) is 1.66. The second kappa shape index (κ2) is 5.86. The summed E-state index contributed by atoms with van der Waals surface area (Å²) in [5.74, 6) is -3.19. The lowest BCUT2D eigenvalue weighted by Crippen LogP contribution is -2.49. The fraction of sp³-hybridized carbons (Fsp3) is 0.385. The number of nitrogens with one attached hydrogen (secondary N) is 1. The van der Waals surface area contributed by atoms with Crippen molar-refractivity contribution in [1.82, 2.24) is 5.32 Å². The summed E-state index contributed by atoms with van der Waals surface area (Å²) in [6.45, 7) is 4.88. The maximum Gasteiger partial charge on any atom is 0.326 e. The summed E-state index contributed by atoms with van der Waals surface area (Å²) in [7, 11) is 0. The van der Waals surface area contributed by atoms with Gasteiger partial charge in [0, 0.05) is 11.6 Å². The number of carboxylic acids is 1. The van der Waals surface area contributed by atoms with Gasteiger partial charge in [-0.25, -0.2) is 4.79 Å². The third-order valence-corrected chi connectivity index (χ3v) is 2.79. The Balaban J connectivity index is 3.02. The van der Waals surface area contributed by atoms with Crippen molar-refractivity contribution in [3.8, 4) is 0 Å². The zero-order chi connectivity index (χ0) is 16.4. The van der Waals surface area contributed by atoms with Gasteiger partial charge in [0.2, 0.25) is 5.82 Å². The summed E-state index contributed by atoms with van der Waals surface area (Å²) in [6.07, 6.45) is 0. The molecule has 0 fully saturated rings. The molecule has 2 N–H and O–H groups in total. The molecule has 0 aliphatic heterocycles. The van der Waals surface area contributed by atoms with E-state index < -0.39 is 39.8 Å². The van der Waals surface area contributed by atoms with E-state index in [1.807, 2.05) is 0 Å². The Morgan fingerprint density at radius 2 is 1.95 bits per heavy atom. The quantitative estimate of drug-likeness (QED) is 0.652. The summed E-state index contributed by atoms with van der Waals surface area (Å²) in [6, 6.07) is 1.45. The fourth-order valence-corrected chi connectivity index (χ4v) is 1.66. The van der Waals surface area contributed by atoms with Gasteiger partial charge in [0.25, 0.3) is 5.91 Å². The number of carbonyl (C=O) groups is 2. The first kappa shape index (κ1) is 16.5. The molecule has 114 valence electrons. The predicted octanol–water partition coefficient (Wildman–Crippen LogP) is 1.96. The number of nitrogens with zero attached hydrogens (tertiary/aromatic N) is 1. The molecule has 0 radical (unpaired) electrons. The van der Waals surface area contributed by atoms with Gasteiger partial charge in [-0.3, -0.25) is 14.9 Å². The Labute approximate surface area is 119 Å². The topological polar surface area (TPSA) is 110 Å². The van der Waals surface area contributed by atoms with Crippen molar-refractivity contribution in [3.05, 3.63) is 39.7 Å². The highest BCUT2D eigenvalue weighted by Gasteiger charge is 2.33. The van der Waals surface area contributed by atoms with Crippen LogP contribution in [0.15, 0.2) is 18.2 Å². The molecule has 7 nitrogen and oxygen atoms in total. The molecular weight excluding hydrogens is 283 g/mol. The van der Waals surface area contributed by atoms with Crippen LogP contribution < -0.4 is 5.32 Å². The predicted molar refractivity (Wildman–Crippen MR) is 71.4 cm³/mol. The number of carboxylic acid groups (broad SMARTS) is 1. The lowest BCUT2D eigenvalue weighted by atomic mass is 9.86. The standard InChI is InChI=1S/C13H15FN2O5/c1-13(2,3)10(12(18)19)15-11(17)7-4-5-9(16(20)21)8(14)6-7/h4-6,10H,1-3H3,(H,15,17)(H,18,19)/t10-/m1/s1. The smallest absolute Gasteiger partial charge is 0.326 e. The lowest BCUT2D eigenvalue weighted by molar-refractivity contribution is -0.387. The summed E-state index contributed by atoms with van der Waals surface area (Å²) < 4.78 is 13.5. The summed E-state index contributed by atoms with van der Waals surface area (Å²) in [4.78, 5) is 32.7. The lowest BCUT2D eigenvalue weighted by Gasteiger charge is -2.27. The number of carbonyl (C=O) groups excluding carboxylic acids is 1. The first-order valence-corrected chi connectivity index (χ1v) is 6.01. The van der Waals surface area contributed by atoms with Crippen LogP contribution in [0.4, 0.5) is 10.1 Å². The van der Waals surface area contributed by atoms with Gasteiger partial charge in [-0.15, -0.1) is 0 Å². The highest BCUT2D eigenvalue weighted by molar-refractivity contribution is 5.97. The molecule has 0 spiro atoms. The van der Waals surface area contributed by atoms with Crippen LogP contribution in [0.5, 0.6) is 0 Å². The number of nitro benzene ring substituents is 1. The van der Waals surface area contributed by atoms with Crippen molar-refractivity contribution in [3.63, 3.8) is 0 Å². The van der Waals surface area contributed by atoms with Crippen LogP contribution in [-0.2, 0) is 4.79 Å². The van der Waals surface area contributed by atoms with E-state index in [1.54, 1.807) is 20.8 Å². The molecule has 0 heterocycles. The molecule has 0 bridgehead atoms. The molecule has 8 heteroatoms. The van der Waals surface area contributed by atoms with Gasteiger partial charge in [-0.2, -0.15) is 4.39 Å². The third kappa shape index (κ3) is 3.98. The highest BCUT2D eigenvalue weighted by Crippen LogP contribution is 2.21. The van der Waals surface area contributed by atoms with Gasteiger partial charge in [0.1, 0.15) is 6.04 Å². The van der Waals surface area contributed by atoms with E-state index in [-0.39, 0.29) is 5.56 Å². The Kier molecular flexibility index (Phi) is 4.62. The molecule has 0 saturated carbocycles. The van der Waals surface area contributed by atoms with E-state index in [0.717, 1.165) is 12.1 Å². The minimum Gasteiger partial charge on any atom is -0.480 e. The first-order valence-electron chi connectivity index (χ1n) is 6.01. The second-order valence-corrected chi connectivity index (χ2v) is 5.53. The number of hydrogen-bond acceptors (Lipinski definition) is 4. The summed E-state index contributed by atoms with van der Waals surface area (Å²) >= 11 is 0.